The highest BCUT2D eigenvalue weighted by Gasteiger charge is 2.37. The Labute approximate surface area is 292 Å². The number of hydrogen-bond donors (Lipinski definition) is 0. The molecule has 4 heterocycles. The summed E-state index contributed by atoms with van der Waals surface area (Å²) >= 11 is 0. The average Bonchev–Trinajstić information content (AvgIpc) is 3.49. The number of aryl methyl sites for hydroxylation is 1. The number of sulfonamides is 1. The summed E-state index contributed by atoms with van der Waals surface area (Å²) in [6, 6.07) is 28.5. The molecule has 1 aliphatic heterocycles. The third-order valence-electron chi connectivity index (χ3n) is 9.22. The second-order valence-electron chi connectivity index (χ2n) is 12.3. The van der Waals surface area contributed by atoms with Gasteiger partial charge in [-0.3, -0.25) is 4.98 Å². The first-order valence-corrected chi connectivity index (χ1v) is 17.7. The van der Waals surface area contributed by atoms with Gasteiger partial charge in [0.2, 0.25) is 15.9 Å². The lowest BCUT2D eigenvalue weighted by molar-refractivity contribution is 0.317. The molecule has 6 aromatic rings. The Balaban J connectivity index is 1.33. The summed E-state index contributed by atoms with van der Waals surface area (Å²) in [6.07, 6.45) is 9.47. The zero-order valence-electron chi connectivity index (χ0n) is 28.2. The van der Waals surface area contributed by atoms with E-state index in [9.17, 15) is 8.42 Å². The molecule has 254 valence electrons. The van der Waals surface area contributed by atoms with Gasteiger partial charge in [-0.1, -0.05) is 36.4 Å². The quantitative estimate of drug-likeness (QED) is 0.164. The maximum Gasteiger partial charge on any atom is 0.243 e. The minimum Gasteiger partial charge on any atom is -0.497 e. The Kier molecular flexibility index (Phi) is 9.34. The molecule has 11 heteroatoms. The largest absolute Gasteiger partial charge is 0.497 e. The molecule has 0 radical (unpaired) electrons. The van der Waals surface area contributed by atoms with Crippen LogP contribution in [-0.2, 0) is 36.6 Å². The molecule has 1 aliphatic rings. The Bertz CT molecular complexity index is 2190. The van der Waals surface area contributed by atoms with Gasteiger partial charge in [-0.15, -0.1) is 0 Å². The van der Waals surface area contributed by atoms with Crippen molar-refractivity contribution in [3.63, 3.8) is 0 Å². The van der Waals surface area contributed by atoms with Gasteiger partial charge < -0.3 is 18.9 Å². The van der Waals surface area contributed by atoms with Crippen LogP contribution in [0, 0.1) is 0 Å². The van der Waals surface area contributed by atoms with Crippen LogP contribution in [0.25, 0.3) is 22.3 Å². The van der Waals surface area contributed by atoms with Crippen LogP contribution in [-0.4, -0.2) is 59.0 Å². The molecule has 0 fully saturated rings. The summed E-state index contributed by atoms with van der Waals surface area (Å²) in [7, 11) is 1.17. The molecule has 0 saturated heterocycles. The predicted octanol–water partition coefficient (Wildman–Crippen LogP) is 6.38. The van der Waals surface area contributed by atoms with E-state index in [0.717, 1.165) is 44.8 Å². The Morgan fingerprint density at radius 1 is 0.800 bits per heavy atom. The number of benzene rings is 3. The van der Waals surface area contributed by atoms with Crippen molar-refractivity contribution in [2.24, 2.45) is 7.05 Å². The van der Waals surface area contributed by atoms with E-state index in [2.05, 4.69) is 62.3 Å². The highest BCUT2D eigenvalue weighted by atomic mass is 32.2. The van der Waals surface area contributed by atoms with Crippen molar-refractivity contribution < 1.29 is 17.9 Å². The third kappa shape index (κ3) is 6.83. The normalized spacial score (nSPS) is 14.9. The van der Waals surface area contributed by atoms with Gasteiger partial charge in [-0.05, 0) is 88.3 Å². The van der Waals surface area contributed by atoms with E-state index >= 15 is 0 Å². The number of pyridine rings is 2. The van der Waals surface area contributed by atoms with E-state index in [1.165, 1.54) is 0 Å². The zero-order chi connectivity index (χ0) is 34.7. The van der Waals surface area contributed by atoms with Crippen LogP contribution < -0.4 is 14.4 Å². The van der Waals surface area contributed by atoms with Crippen LogP contribution in [0.3, 0.4) is 0 Å². The van der Waals surface area contributed by atoms with Crippen molar-refractivity contribution in [3.8, 4) is 33.9 Å². The van der Waals surface area contributed by atoms with E-state index in [1.807, 2.05) is 48.3 Å². The van der Waals surface area contributed by atoms with Crippen molar-refractivity contribution in [2.45, 2.75) is 30.4 Å². The standard InChI is InChI=1S/C39H38N6O4S/c1-43-27-41-23-35(43)26-44-25-34(19-28-6-8-29(9-7-28)32-5-4-17-40-22-32)45(50(46,47)37-13-11-36(48-2)12-14-37)24-33-20-30(10-15-38(33)44)31-16-18-42-39(21-31)49-3/h4-18,20-23,27,34H,19,24-26H2,1-3H3/t34-/m1/s1. The third-order valence-corrected chi connectivity index (χ3v) is 11.1. The second kappa shape index (κ2) is 14.1. The minimum absolute atomic E-state index is 0.181. The topological polar surface area (TPSA) is 103 Å². The molecule has 10 nitrogen and oxygen atoms in total. The van der Waals surface area contributed by atoms with E-state index in [1.54, 1.807) is 61.5 Å². The van der Waals surface area contributed by atoms with Gasteiger partial charge in [0, 0.05) is 62.7 Å². The Morgan fingerprint density at radius 2 is 1.58 bits per heavy atom. The van der Waals surface area contributed by atoms with Crippen LogP contribution >= 0.6 is 0 Å². The number of aromatic nitrogens is 4. The number of hydrogen-bond acceptors (Lipinski definition) is 8. The lowest BCUT2D eigenvalue weighted by atomic mass is 10.0. The molecule has 0 unspecified atom stereocenters. The van der Waals surface area contributed by atoms with Gasteiger partial charge in [0.15, 0.2) is 0 Å². The number of methoxy groups -OCH3 is 2. The van der Waals surface area contributed by atoms with Crippen molar-refractivity contribution >= 4 is 15.7 Å². The molecule has 0 saturated carbocycles. The number of anilines is 1. The first kappa shape index (κ1) is 33.0. The molecule has 7 rings (SSSR count). The maximum absolute atomic E-state index is 14.7. The average molecular weight is 687 g/mol. The molecule has 50 heavy (non-hydrogen) atoms. The summed E-state index contributed by atoms with van der Waals surface area (Å²) < 4.78 is 43.9. The van der Waals surface area contributed by atoms with E-state index in [4.69, 9.17) is 9.47 Å². The SMILES string of the molecule is COc1ccc(S(=O)(=O)N2Cc3cc(-c4ccnc(OC)c4)ccc3N(Cc3cncn3C)C[C@H]2Cc2ccc(-c3cccnc3)cc2)cc1. The predicted molar refractivity (Wildman–Crippen MR) is 193 cm³/mol. The monoisotopic (exact) mass is 686 g/mol. The molecule has 0 N–H and O–H groups in total. The lowest BCUT2D eigenvalue weighted by Gasteiger charge is -2.32. The van der Waals surface area contributed by atoms with Crippen LogP contribution in [0.5, 0.6) is 11.6 Å². The number of fused-ring (bicyclic) bond motifs is 1. The zero-order valence-corrected chi connectivity index (χ0v) is 29.0. The molecule has 3 aromatic carbocycles. The van der Waals surface area contributed by atoms with E-state index in [0.29, 0.717) is 31.1 Å². The summed E-state index contributed by atoms with van der Waals surface area (Å²) in [5.41, 5.74) is 7.87. The summed E-state index contributed by atoms with van der Waals surface area (Å²) in [5, 5.41) is 0. The van der Waals surface area contributed by atoms with Crippen molar-refractivity contribution in [2.75, 3.05) is 25.7 Å². The second-order valence-corrected chi connectivity index (χ2v) is 14.2. The summed E-state index contributed by atoms with van der Waals surface area (Å²) in [4.78, 5) is 15.4. The molecule has 1 atom stereocenters. The molecule has 0 bridgehead atoms. The summed E-state index contributed by atoms with van der Waals surface area (Å²) in [6.45, 7) is 1.19. The van der Waals surface area contributed by atoms with Crippen LogP contribution in [0.15, 0.2) is 127 Å². The van der Waals surface area contributed by atoms with Gasteiger partial charge in [-0.2, -0.15) is 4.31 Å². The van der Waals surface area contributed by atoms with E-state index < -0.39 is 16.1 Å². The van der Waals surface area contributed by atoms with Crippen LogP contribution in [0.4, 0.5) is 5.69 Å². The molecular formula is C39H38N6O4S. The minimum atomic E-state index is -3.96. The number of nitrogens with zero attached hydrogens (tertiary/aromatic N) is 6. The van der Waals surface area contributed by atoms with Crippen LogP contribution in [0.2, 0.25) is 0 Å². The smallest absolute Gasteiger partial charge is 0.243 e. The number of imidazole rings is 1. The first-order valence-electron chi connectivity index (χ1n) is 16.3. The van der Waals surface area contributed by atoms with Crippen molar-refractivity contribution in [3.05, 3.63) is 139 Å². The Hall–Kier alpha value is -5.52. The van der Waals surface area contributed by atoms with Crippen molar-refractivity contribution in [1.82, 2.24) is 23.8 Å². The first-order chi connectivity index (χ1) is 24.3. The Morgan fingerprint density at radius 3 is 2.28 bits per heavy atom. The van der Waals surface area contributed by atoms with Gasteiger partial charge in [-0.25, -0.2) is 18.4 Å². The van der Waals surface area contributed by atoms with Crippen LogP contribution in [0.1, 0.15) is 16.8 Å². The lowest BCUT2D eigenvalue weighted by Crippen LogP contribution is -2.45. The van der Waals surface area contributed by atoms with Gasteiger partial charge in [0.1, 0.15) is 5.75 Å². The van der Waals surface area contributed by atoms with Gasteiger partial charge in [0.25, 0.3) is 0 Å². The number of ether oxygens (including phenoxy) is 2. The highest BCUT2D eigenvalue weighted by molar-refractivity contribution is 7.89. The fraction of sp³-hybridized carbons (Fsp3) is 0.205. The van der Waals surface area contributed by atoms with Crippen molar-refractivity contribution in [1.29, 1.82) is 0 Å². The maximum atomic E-state index is 14.7. The molecular weight excluding hydrogens is 649 g/mol. The molecule has 0 amide bonds. The highest BCUT2D eigenvalue weighted by Crippen LogP contribution is 2.36. The molecule has 0 aliphatic carbocycles. The summed E-state index contributed by atoms with van der Waals surface area (Å²) in [5.74, 6) is 1.10. The number of rotatable bonds is 10. The van der Waals surface area contributed by atoms with E-state index in [-0.39, 0.29) is 11.4 Å². The van der Waals surface area contributed by atoms with Gasteiger partial charge in [0.05, 0.1) is 37.7 Å². The fourth-order valence-electron chi connectivity index (χ4n) is 6.49. The fourth-order valence-corrected chi connectivity index (χ4v) is 8.09. The molecule has 3 aromatic heterocycles. The molecule has 0 spiro atoms. The van der Waals surface area contributed by atoms with Gasteiger partial charge >= 0.3 is 0 Å².